The molecular weight excluding hydrogens is 136 g/mol. The first-order valence-corrected chi connectivity index (χ1v) is 3.87. The van der Waals surface area contributed by atoms with Crippen LogP contribution in [0, 0.1) is 13.8 Å². The maximum atomic E-state index is 5.57. The SMILES string of the molecule is CCc1c(C)cc(N)nc1C. The first-order chi connectivity index (χ1) is 5.15. The van der Waals surface area contributed by atoms with Crippen molar-refractivity contribution in [3.05, 3.63) is 22.9 Å². The number of nitrogens with zero attached hydrogens (tertiary/aromatic N) is 1. The van der Waals surface area contributed by atoms with Gasteiger partial charge in [-0.25, -0.2) is 4.98 Å². The average molecular weight is 150 g/mol. The summed E-state index contributed by atoms with van der Waals surface area (Å²) < 4.78 is 0. The van der Waals surface area contributed by atoms with Gasteiger partial charge in [0.05, 0.1) is 0 Å². The molecule has 60 valence electrons. The van der Waals surface area contributed by atoms with Crippen LogP contribution in [0.15, 0.2) is 6.07 Å². The second-order valence-electron chi connectivity index (χ2n) is 2.78. The van der Waals surface area contributed by atoms with Crippen LogP contribution in [0.5, 0.6) is 0 Å². The zero-order valence-electron chi connectivity index (χ0n) is 7.31. The number of nitrogens with two attached hydrogens (primary N) is 1. The quantitative estimate of drug-likeness (QED) is 0.663. The fourth-order valence-corrected chi connectivity index (χ4v) is 1.42. The van der Waals surface area contributed by atoms with Gasteiger partial charge in [0.2, 0.25) is 0 Å². The van der Waals surface area contributed by atoms with E-state index in [9.17, 15) is 0 Å². The molecule has 0 bridgehead atoms. The summed E-state index contributed by atoms with van der Waals surface area (Å²) in [5, 5.41) is 0. The van der Waals surface area contributed by atoms with Crippen LogP contribution in [0.4, 0.5) is 5.82 Å². The monoisotopic (exact) mass is 150 g/mol. The Morgan fingerprint density at radius 1 is 1.45 bits per heavy atom. The molecule has 0 aromatic carbocycles. The van der Waals surface area contributed by atoms with Crippen LogP contribution in [0.3, 0.4) is 0 Å². The van der Waals surface area contributed by atoms with Gasteiger partial charge in [-0.3, -0.25) is 0 Å². The molecule has 1 aromatic heterocycles. The van der Waals surface area contributed by atoms with Crippen LogP contribution >= 0.6 is 0 Å². The molecule has 11 heavy (non-hydrogen) atoms. The molecule has 0 aliphatic heterocycles. The summed E-state index contributed by atoms with van der Waals surface area (Å²) in [4.78, 5) is 4.18. The van der Waals surface area contributed by atoms with Gasteiger partial charge in [0, 0.05) is 5.69 Å². The topological polar surface area (TPSA) is 38.9 Å². The minimum absolute atomic E-state index is 0.622. The first-order valence-electron chi connectivity index (χ1n) is 3.87. The second kappa shape index (κ2) is 2.91. The number of aryl methyl sites for hydroxylation is 2. The fraction of sp³-hybridized carbons (Fsp3) is 0.444. The molecule has 1 rings (SSSR count). The Balaban J connectivity index is 3.25. The molecule has 1 heterocycles. The molecule has 0 amide bonds. The van der Waals surface area contributed by atoms with E-state index in [1.165, 1.54) is 11.1 Å². The Labute approximate surface area is 67.5 Å². The minimum atomic E-state index is 0.622. The molecule has 1 aromatic rings. The van der Waals surface area contributed by atoms with Crippen molar-refractivity contribution in [1.29, 1.82) is 0 Å². The molecule has 0 radical (unpaired) electrons. The fourth-order valence-electron chi connectivity index (χ4n) is 1.42. The minimum Gasteiger partial charge on any atom is -0.384 e. The predicted molar refractivity (Wildman–Crippen MR) is 47.5 cm³/mol. The third-order valence-corrected chi connectivity index (χ3v) is 1.93. The average Bonchev–Trinajstić information content (AvgIpc) is 1.85. The van der Waals surface area contributed by atoms with E-state index in [4.69, 9.17) is 5.73 Å². The summed E-state index contributed by atoms with van der Waals surface area (Å²) in [6.07, 6.45) is 1.03. The zero-order chi connectivity index (χ0) is 8.43. The summed E-state index contributed by atoms with van der Waals surface area (Å²) in [6.45, 7) is 6.21. The van der Waals surface area contributed by atoms with Crippen molar-refractivity contribution in [2.24, 2.45) is 0 Å². The van der Waals surface area contributed by atoms with Gasteiger partial charge >= 0.3 is 0 Å². The zero-order valence-corrected chi connectivity index (χ0v) is 7.31. The van der Waals surface area contributed by atoms with Crippen LogP contribution in [0.25, 0.3) is 0 Å². The molecule has 2 nitrogen and oxygen atoms in total. The number of hydrogen-bond acceptors (Lipinski definition) is 2. The second-order valence-corrected chi connectivity index (χ2v) is 2.78. The maximum absolute atomic E-state index is 5.57. The van der Waals surface area contributed by atoms with E-state index in [1.54, 1.807) is 0 Å². The van der Waals surface area contributed by atoms with Crippen molar-refractivity contribution >= 4 is 5.82 Å². The summed E-state index contributed by atoms with van der Waals surface area (Å²) in [6, 6.07) is 1.92. The Morgan fingerprint density at radius 3 is 2.55 bits per heavy atom. The van der Waals surface area contributed by atoms with Crippen molar-refractivity contribution in [3.8, 4) is 0 Å². The van der Waals surface area contributed by atoms with Gasteiger partial charge in [0.1, 0.15) is 5.82 Å². The number of aromatic nitrogens is 1. The summed E-state index contributed by atoms with van der Waals surface area (Å²) >= 11 is 0. The highest BCUT2D eigenvalue weighted by Gasteiger charge is 2.01. The number of nitrogen functional groups attached to an aromatic ring is 1. The number of anilines is 1. The summed E-state index contributed by atoms with van der Waals surface area (Å²) in [5.74, 6) is 0.622. The highest BCUT2D eigenvalue weighted by atomic mass is 14.8. The van der Waals surface area contributed by atoms with Gasteiger partial charge in [-0.15, -0.1) is 0 Å². The molecule has 0 saturated heterocycles. The summed E-state index contributed by atoms with van der Waals surface area (Å²) in [7, 11) is 0. The Hall–Kier alpha value is -1.05. The maximum Gasteiger partial charge on any atom is 0.123 e. The molecule has 0 spiro atoms. The third kappa shape index (κ3) is 1.50. The molecule has 0 unspecified atom stereocenters. The van der Waals surface area contributed by atoms with E-state index in [0.29, 0.717) is 5.82 Å². The van der Waals surface area contributed by atoms with Crippen molar-refractivity contribution in [2.75, 3.05) is 5.73 Å². The van der Waals surface area contributed by atoms with Gasteiger partial charge in [0.25, 0.3) is 0 Å². The van der Waals surface area contributed by atoms with E-state index in [-0.39, 0.29) is 0 Å². The van der Waals surface area contributed by atoms with Crippen molar-refractivity contribution in [2.45, 2.75) is 27.2 Å². The van der Waals surface area contributed by atoms with Crippen molar-refractivity contribution in [1.82, 2.24) is 4.98 Å². The lowest BCUT2D eigenvalue weighted by Gasteiger charge is -2.06. The third-order valence-electron chi connectivity index (χ3n) is 1.93. The lowest BCUT2D eigenvalue weighted by molar-refractivity contribution is 1.03. The summed E-state index contributed by atoms with van der Waals surface area (Å²) in [5.41, 5.74) is 9.20. The Morgan fingerprint density at radius 2 is 2.09 bits per heavy atom. The van der Waals surface area contributed by atoms with E-state index < -0.39 is 0 Å². The van der Waals surface area contributed by atoms with Crippen molar-refractivity contribution < 1.29 is 0 Å². The molecule has 0 atom stereocenters. The van der Waals surface area contributed by atoms with Crippen LogP contribution in [-0.4, -0.2) is 4.98 Å². The van der Waals surface area contributed by atoms with Crippen LogP contribution in [-0.2, 0) is 6.42 Å². The molecule has 0 fully saturated rings. The lowest BCUT2D eigenvalue weighted by Crippen LogP contribution is -1.99. The Bertz CT molecular complexity index is 243. The molecule has 0 aliphatic rings. The van der Waals surface area contributed by atoms with E-state index in [1.807, 2.05) is 13.0 Å². The van der Waals surface area contributed by atoms with Gasteiger partial charge in [-0.05, 0) is 37.5 Å². The standard InChI is InChI=1S/C9H14N2/c1-4-8-6(2)5-9(10)11-7(8)3/h5H,4H2,1-3H3,(H2,10,11). The van der Waals surface area contributed by atoms with E-state index in [2.05, 4.69) is 18.8 Å². The predicted octanol–water partition coefficient (Wildman–Crippen LogP) is 1.84. The first kappa shape index (κ1) is 8.05. The lowest BCUT2D eigenvalue weighted by atomic mass is 10.1. The smallest absolute Gasteiger partial charge is 0.123 e. The van der Waals surface area contributed by atoms with Gasteiger partial charge in [0.15, 0.2) is 0 Å². The molecular formula is C9H14N2. The number of pyridine rings is 1. The van der Waals surface area contributed by atoms with Gasteiger partial charge in [-0.1, -0.05) is 6.92 Å². The van der Waals surface area contributed by atoms with Crippen molar-refractivity contribution in [3.63, 3.8) is 0 Å². The molecule has 0 saturated carbocycles. The number of rotatable bonds is 1. The van der Waals surface area contributed by atoms with Crippen LogP contribution < -0.4 is 5.73 Å². The Kier molecular flexibility index (Phi) is 2.13. The normalized spacial score (nSPS) is 10.1. The largest absolute Gasteiger partial charge is 0.384 e. The highest BCUT2D eigenvalue weighted by molar-refractivity contribution is 5.40. The van der Waals surface area contributed by atoms with Crippen LogP contribution in [0.2, 0.25) is 0 Å². The van der Waals surface area contributed by atoms with E-state index in [0.717, 1.165) is 12.1 Å². The van der Waals surface area contributed by atoms with Gasteiger partial charge in [-0.2, -0.15) is 0 Å². The van der Waals surface area contributed by atoms with Gasteiger partial charge < -0.3 is 5.73 Å². The molecule has 2 N–H and O–H groups in total. The highest BCUT2D eigenvalue weighted by Crippen LogP contribution is 2.14. The van der Waals surface area contributed by atoms with Crippen LogP contribution in [0.1, 0.15) is 23.7 Å². The molecule has 2 heteroatoms. The molecule has 0 aliphatic carbocycles. The van der Waals surface area contributed by atoms with E-state index >= 15 is 0 Å². The number of hydrogen-bond donors (Lipinski definition) is 1.